The second-order valence-electron chi connectivity index (χ2n) is 8.05. The van der Waals surface area contributed by atoms with Crippen LogP contribution in [0.3, 0.4) is 0 Å². The lowest BCUT2D eigenvalue weighted by molar-refractivity contribution is -0.709. The van der Waals surface area contributed by atoms with Crippen LogP contribution >= 0.6 is 0 Å². The fourth-order valence-corrected chi connectivity index (χ4v) is 3.56. The van der Waals surface area contributed by atoms with Crippen molar-refractivity contribution in [2.75, 3.05) is 18.5 Å². The molecule has 2 fully saturated rings. The number of aromatic nitrogens is 2. The molecule has 2 saturated heterocycles. The first-order chi connectivity index (χ1) is 12.5. The fraction of sp³-hybridized carbons (Fsp3) is 0.579. The van der Waals surface area contributed by atoms with Crippen LogP contribution in [0.4, 0.5) is 5.95 Å². The molecule has 7 heteroatoms. The van der Waals surface area contributed by atoms with Gasteiger partial charge in [-0.05, 0) is 18.2 Å². The van der Waals surface area contributed by atoms with E-state index in [2.05, 4.69) is 41.4 Å². The van der Waals surface area contributed by atoms with E-state index in [9.17, 15) is 0 Å². The van der Waals surface area contributed by atoms with Crippen LogP contribution in [0.5, 0.6) is 0 Å². The van der Waals surface area contributed by atoms with Crippen molar-refractivity contribution in [1.29, 1.82) is 0 Å². The summed E-state index contributed by atoms with van der Waals surface area (Å²) in [6.45, 7) is 8.51. The Balaban J connectivity index is 1.37. The van der Waals surface area contributed by atoms with Crippen molar-refractivity contribution in [3.63, 3.8) is 0 Å². The Morgan fingerprint density at radius 3 is 2.81 bits per heavy atom. The first kappa shape index (κ1) is 17.5. The maximum atomic E-state index is 6.04. The molecule has 0 bridgehead atoms. The number of hydrogen-bond acceptors (Lipinski definition) is 6. The van der Waals surface area contributed by atoms with Crippen molar-refractivity contribution in [2.24, 2.45) is 0 Å². The highest BCUT2D eigenvalue weighted by molar-refractivity contribution is 5.30. The highest BCUT2D eigenvalue weighted by Crippen LogP contribution is 2.28. The summed E-state index contributed by atoms with van der Waals surface area (Å²) in [5, 5.41) is 5.65. The van der Waals surface area contributed by atoms with E-state index in [4.69, 9.17) is 13.9 Å². The van der Waals surface area contributed by atoms with Crippen LogP contribution in [0.2, 0.25) is 0 Å². The molecule has 2 aliphatic heterocycles. The molecule has 0 radical (unpaired) electrons. The molecule has 0 aromatic carbocycles. The summed E-state index contributed by atoms with van der Waals surface area (Å²) in [4.78, 5) is 9.02. The van der Waals surface area contributed by atoms with E-state index in [-0.39, 0.29) is 29.7 Å². The molecule has 2 aromatic heterocycles. The third kappa shape index (κ3) is 3.60. The van der Waals surface area contributed by atoms with E-state index in [0.29, 0.717) is 19.2 Å². The molecule has 140 valence electrons. The first-order valence-corrected chi connectivity index (χ1v) is 9.20. The number of nitrogens with two attached hydrogens (primary N) is 1. The Hall–Kier alpha value is -1.96. The van der Waals surface area contributed by atoms with Crippen LogP contribution in [-0.2, 0) is 21.4 Å². The number of anilines is 1. The zero-order valence-electron chi connectivity index (χ0n) is 15.5. The van der Waals surface area contributed by atoms with Gasteiger partial charge in [0.15, 0.2) is 5.76 Å². The molecule has 0 saturated carbocycles. The third-order valence-corrected chi connectivity index (χ3v) is 5.03. The van der Waals surface area contributed by atoms with Gasteiger partial charge in [0.1, 0.15) is 31.4 Å². The summed E-state index contributed by atoms with van der Waals surface area (Å²) >= 11 is 0. The monoisotopic (exact) mass is 359 g/mol. The summed E-state index contributed by atoms with van der Waals surface area (Å²) in [5.41, 5.74) is 1.01. The second kappa shape index (κ2) is 6.98. The van der Waals surface area contributed by atoms with Gasteiger partial charge < -0.3 is 24.5 Å². The smallest absolute Gasteiger partial charge is 0.223 e. The van der Waals surface area contributed by atoms with Gasteiger partial charge in [0, 0.05) is 11.6 Å². The van der Waals surface area contributed by atoms with Crippen molar-refractivity contribution in [1.82, 2.24) is 9.97 Å². The predicted molar refractivity (Wildman–Crippen MR) is 95.7 cm³/mol. The first-order valence-electron chi connectivity index (χ1n) is 9.20. The van der Waals surface area contributed by atoms with Gasteiger partial charge in [0.2, 0.25) is 5.95 Å². The molecule has 7 nitrogen and oxygen atoms in total. The minimum Gasteiger partial charge on any atom is -0.463 e. The standard InChI is InChI=1S/C19H26N4O3/c1-19(2,3)15-6-7-20-18(23-15)22-14-11-26-16-13(10-25-17(14)16)21-9-12-5-4-8-24-12/h4-8,13-14,16-17,21H,9-11H2,1-3H3,(H,20,22,23)/p+1/t13-,14-,16+,17+/m0/s1. The number of hydrogen-bond donors (Lipinski definition) is 2. The summed E-state index contributed by atoms with van der Waals surface area (Å²) in [5.74, 6) is 1.60. The quantitative estimate of drug-likeness (QED) is 0.831. The molecule has 0 amide bonds. The number of rotatable bonds is 5. The van der Waals surface area contributed by atoms with Crippen LogP contribution in [0.15, 0.2) is 35.1 Å². The minimum atomic E-state index is -0.0101. The highest BCUT2D eigenvalue weighted by Gasteiger charge is 2.50. The van der Waals surface area contributed by atoms with Crippen LogP contribution in [0, 0.1) is 0 Å². The number of fused-ring (bicyclic) bond motifs is 1. The maximum absolute atomic E-state index is 6.04. The number of nitrogens with zero attached hydrogens (tertiary/aromatic N) is 2. The van der Waals surface area contributed by atoms with E-state index in [1.807, 2.05) is 18.2 Å². The molecule has 0 spiro atoms. The summed E-state index contributed by atoms with van der Waals surface area (Å²) in [7, 11) is 0. The van der Waals surface area contributed by atoms with E-state index in [1.54, 1.807) is 12.5 Å². The zero-order chi connectivity index (χ0) is 18.1. The van der Waals surface area contributed by atoms with Crippen molar-refractivity contribution in [2.45, 2.75) is 57.0 Å². The van der Waals surface area contributed by atoms with E-state index in [1.165, 1.54) is 0 Å². The van der Waals surface area contributed by atoms with Gasteiger partial charge in [-0.25, -0.2) is 9.97 Å². The van der Waals surface area contributed by atoms with Crippen molar-refractivity contribution in [3.8, 4) is 0 Å². The molecular formula is C19H27N4O3+. The molecule has 2 aromatic rings. The maximum Gasteiger partial charge on any atom is 0.223 e. The minimum absolute atomic E-state index is 0.0101. The molecule has 4 atom stereocenters. The van der Waals surface area contributed by atoms with Crippen LogP contribution in [0.25, 0.3) is 0 Å². The van der Waals surface area contributed by atoms with E-state index < -0.39 is 0 Å². The van der Waals surface area contributed by atoms with Crippen LogP contribution in [-0.4, -0.2) is 47.5 Å². The van der Waals surface area contributed by atoms with Gasteiger partial charge in [-0.3, -0.25) is 0 Å². The largest absolute Gasteiger partial charge is 0.463 e. The lowest BCUT2D eigenvalue weighted by atomic mass is 9.92. The van der Waals surface area contributed by atoms with Gasteiger partial charge in [-0.2, -0.15) is 0 Å². The SMILES string of the molecule is CC(C)(C)c1ccnc(N[C@H]2CO[C@H]3[C@@H]2OC[C@@H]3[NH2+]Cc2ccco2)n1. The molecule has 3 N–H and O–H groups in total. The van der Waals surface area contributed by atoms with Gasteiger partial charge in [-0.1, -0.05) is 20.8 Å². The van der Waals surface area contributed by atoms with Crippen molar-refractivity contribution >= 4 is 5.95 Å². The third-order valence-electron chi connectivity index (χ3n) is 5.03. The molecule has 4 rings (SSSR count). The Kier molecular flexibility index (Phi) is 4.69. The zero-order valence-corrected chi connectivity index (χ0v) is 15.5. The summed E-state index contributed by atoms with van der Waals surface area (Å²) in [6.07, 6.45) is 3.61. The van der Waals surface area contributed by atoms with Gasteiger partial charge in [-0.15, -0.1) is 0 Å². The van der Waals surface area contributed by atoms with E-state index >= 15 is 0 Å². The summed E-state index contributed by atoms with van der Waals surface area (Å²) < 4.78 is 17.5. The number of quaternary nitrogens is 1. The van der Waals surface area contributed by atoms with Crippen LogP contribution in [0.1, 0.15) is 32.2 Å². The number of nitrogens with one attached hydrogen (secondary N) is 1. The fourth-order valence-electron chi connectivity index (χ4n) is 3.56. The lowest BCUT2D eigenvalue weighted by Crippen LogP contribution is -2.91. The molecule has 2 aliphatic rings. The number of furan rings is 1. The Bertz CT molecular complexity index is 729. The van der Waals surface area contributed by atoms with Gasteiger partial charge in [0.25, 0.3) is 0 Å². The normalized spacial score (nSPS) is 28.3. The van der Waals surface area contributed by atoms with E-state index in [0.717, 1.165) is 18.0 Å². The average Bonchev–Trinajstić information content (AvgIpc) is 3.32. The van der Waals surface area contributed by atoms with Gasteiger partial charge >= 0.3 is 0 Å². The van der Waals surface area contributed by atoms with Gasteiger partial charge in [0.05, 0.1) is 24.6 Å². The number of ether oxygens (including phenoxy) is 2. The molecule has 0 aliphatic carbocycles. The highest BCUT2D eigenvalue weighted by atomic mass is 16.6. The molecule has 26 heavy (non-hydrogen) atoms. The topological polar surface area (TPSA) is 86.0 Å². The van der Waals surface area contributed by atoms with Crippen molar-refractivity contribution in [3.05, 3.63) is 42.1 Å². The Morgan fingerprint density at radius 1 is 1.19 bits per heavy atom. The molecule has 0 unspecified atom stereocenters. The Labute approximate surface area is 153 Å². The molecular weight excluding hydrogens is 332 g/mol. The van der Waals surface area contributed by atoms with Crippen LogP contribution < -0.4 is 10.6 Å². The summed E-state index contributed by atoms with van der Waals surface area (Å²) in [6, 6.07) is 6.21. The van der Waals surface area contributed by atoms with Crippen molar-refractivity contribution < 1.29 is 19.2 Å². The predicted octanol–water partition coefficient (Wildman–Crippen LogP) is 1.08. The average molecular weight is 359 g/mol. The second-order valence-corrected chi connectivity index (χ2v) is 8.05. The Morgan fingerprint density at radius 2 is 2.04 bits per heavy atom. The molecule has 4 heterocycles. The lowest BCUT2D eigenvalue weighted by Gasteiger charge is -2.20.